The molecule has 1 aliphatic carbocycles. The molecule has 0 N–H and O–H groups in total. The summed E-state index contributed by atoms with van der Waals surface area (Å²) in [6.45, 7) is 4.18. The first-order chi connectivity index (χ1) is 9.56. The number of hydrogen-bond donors (Lipinski definition) is 0. The molecule has 0 unspecified atom stereocenters. The van der Waals surface area contributed by atoms with Crippen molar-refractivity contribution < 1.29 is 8.78 Å². The molecule has 0 bridgehead atoms. The molecular formula is C18H22F2. The van der Waals surface area contributed by atoms with Crippen LogP contribution in [0.15, 0.2) is 42.0 Å². The molecule has 0 aromatic heterocycles. The molecule has 1 aliphatic rings. The van der Waals surface area contributed by atoms with Gasteiger partial charge in [0, 0.05) is 0 Å². The summed E-state index contributed by atoms with van der Waals surface area (Å²) in [6, 6.07) is 4.33. The molecule has 1 fully saturated rings. The summed E-state index contributed by atoms with van der Waals surface area (Å²) in [5, 5.41) is 0. The molecule has 0 atom stereocenters. The van der Waals surface area contributed by atoms with Crippen molar-refractivity contribution >= 4 is 0 Å². The average molecular weight is 276 g/mol. The Morgan fingerprint density at radius 3 is 2.35 bits per heavy atom. The number of benzene rings is 1. The molecule has 0 aliphatic heterocycles. The fourth-order valence-corrected chi connectivity index (χ4v) is 2.82. The van der Waals surface area contributed by atoms with E-state index in [1.807, 2.05) is 0 Å². The Morgan fingerprint density at radius 1 is 1.05 bits per heavy atom. The highest BCUT2D eigenvalue weighted by atomic mass is 19.2. The van der Waals surface area contributed by atoms with Crippen LogP contribution in [0.4, 0.5) is 8.78 Å². The van der Waals surface area contributed by atoms with Crippen LogP contribution in [0.2, 0.25) is 0 Å². The lowest BCUT2D eigenvalue weighted by atomic mass is 9.78. The van der Waals surface area contributed by atoms with Gasteiger partial charge < -0.3 is 0 Å². The quantitative estimate of drug-likeness (QED) is 0.616. The van der Waals surface area contributed by atoms with Crippen molar-refractivity contribution in [3.63, 3.8) is 0 Å². The highest BCUT2D eigenvalue weighted by molar-refractivity contribution is 5.22. The Balaban J connectivity index is 1.92. The number of hydrogen-bond acceptors (Lipinski definition) is 0. The highest BCUT2D eigenvalue weighted by Crippen LogP contribution is 2.36. The van der Waals surface area contributed by atoms with Crippen LogP contribution >= 0.6 is 0 Å². The Bertz CT molecular complexity index is 502. The third kappa shape index (κ3) is 4.03. The third-order valence-corrected chi connectivity index (χ3v) is 4.00. The first kappa shape index (κ1) is 15.0. The van der Waals surface area contributed by atoms with Crippen LogP contribution in [0.5, 0.6) is 0 Å². The predicted octanol–water partition coefficient (Wildman–Crippen LogP) is 5.76. The lowest BCUT2D eigenvalue weighted by Gasteiger charge is -2.27. The summed E-state index contributed by atoms with van der Waals surface area (Å²) >= 11 is 0. The Morgan fingerprint density at radius 2 is 1.75 bits per heavy atom. The Hall–Kier alpha value is -1.44. The van der Waals surface area contributed by atoms with Crippen LogP contribution in [0.1, 0.15) is 51.0 Å². The van der Waals surface area contributed by atoms with Gasteiger partial charge in [0.2, 0.25) is 0 Å². The van der Waals surface area contributed by atoms with Crippen molar-refractivity contribution in [2.24, 2.45) is 5.92 Å². The van der Waals surface area contributed by atoms with Crippen molar-refractivity contribution in [3.05, 3.63) is 59.2 Å². The summed E-state index contributed by atoms with van der Waals surface area (Å²) in [5.41, 5.74) is 2.24. The Kier molecular flexibility index (Phi) is 5.11. The van der Waals surface area contributed by atoms with Gasteiger partial charge in [-0.05, 0) is 69.1 Å². The maximum atomic E-state index is 13.3. The van der Waals surface area contributed by atoms with E-state index < -0.39 is 11.6 Å². The molecule has 1 aromatic rings. The zero-order valence-corrected chi connectivity index (χ0v) is 12.2. The van der Waals surface area contributed by atoms with Crippen LogP contribution in [-0.4, -0.2) is 0 Å². The number of rotatable bonds is 3. The van der Waals surface area contributed by atoms with E-state index in [0.29, 0.717) is 11.8 Å². The molecule has 2 heteroatoms. The minimum atomic E-state index is -0.757. The average Bonchev–Trinajstić information content (AvgIpc) is 2.42. The van der Waals surface area contributed by atoms with Crippen LogP contribution in [0, 0.1) is 17.6 Å². The van der Waals surface area contributed by atoms with Gasteiger partial charge in [0.15, 0.2) is 11.6 Å². The van der Waals surface area contributed by atoms with Gasteiger partial charge in [-0.15, -0.1) is 0 Å². The zero-order chi connectivity index (χ0) is 14.5. The molecule has 108 valence electrons. The van der Waals surface area contributed by atoms with Crippen LogP contribution in [0.25, 0.3) is 0 Å². The van der Waals surface area contributed by atoms with Crippen LogP contribution in [0.3, 0.4) is 0 Å². The molecule has 0 heterocycles. The fraction of sp³-hybridized carbons (Fsp3) is 0.444. The molecule has 1 aromatic carbocycles. The number of halogens is 2. The van der Waals surface area contributed by atoms with Crippen molar-refractivity contribution in [3.8, 4) is 0 Å². The second kappa shape index (κ2) is 6.83. The lowest BCUT2D eigenvalue weighted by molar-refractivity contribution is 0.374. The molecular weight excluding hydrogens is 254 g/mol. The summed E-state index contributed by atoms with van der Waals surface area (Å²) < 4.78 is 26.2. The second-order valence-electron chi connectivity index (χ2n) is 5.91. The zero-order valence-electron chi connectivity index (χ0n) is 12.2. The minimum Gasteiger partial charge on any atom is -0.204 e. The van der Waals surface area contributed by atoms with Crippen molar-refractivity contribution in [2.45, 2.75) is 45.4 Å². The predicted molar refractivity (Wildman–Crippen MR) is 79.6 cm³/mol. The van der Waals surface area contributed by atoms with E-state index in [4.69, 9.17) is 0 Å². The lowest BCUT2D eigenvalue weighted by Crippen LogP contribution is -2.12. The maximum Gasteiger partial charge on any atom is 0.159 e. The summed E-state index contributed by atoms with van der Waals surface area (Å²) in [5.74, 6) is -0.495. The fourth-order valence-electron chi connectivity index (χ4n) is 2.82. The van der Waals surface area contributed by atoms with E-state index in [1.54, 1.807) is 6.07 Å². The first-order valence-corrected chi connectivity index (χ1v) is 7.33. The molecule has 0 saturated heterocycles. The van der Waals surface area contributed by atoms with E-state index in [0.717, 1.165) is 31.2 Å². The SMILES string of the molecule is CC(C)=CC=CC1CCC(c2ccc(F)c(F)c2)CC1. The van der Waals surface area contributed by atoms with Gasteiger partial charge in [-0.3, -0.25) is 0 Å². The molecule has 20 heavy (non-hydrogen) atoms. The van der Waals surface area contributed by atoms with Gasteiger partial charge >= 0.3 is 0 Å². The van der Waals surface area contributed by atoms with Crippen molar-refractivity contribution in [1.29, 1.82) is 0 Å². The van der Waals surface area contributed by atoms with E-state index in [1.165, 1.54) is 17.7 Å². The monoisotopic (exact) mass is 276 g/mol. The first-order valence-electron chi connectivity index (χ1n) is 7.33. The standard InChI is InChI=1S/C18H22F2/c1-13(2)4-3-5-14-6-8-15(9-7-14)16-10-11-17(19)18(20)12-16/h3-5,10-12,14-15H,6-9H2,1-2H3. The van der Waals surface area contributed by atoms with Gasteiger partial charge in [0.1, 0.15) is 0 Å². The van der Waals surface area contributed by atoms with E-state index in [9.17, 15) is 8.78 Å². The summed E-state index contributed by atoms with van der Waals surface area (Å²) in [4.78, 5) is 0. The smallest absolute Gasteiger partial charge is 0.159 e. The largest absolute Gasteiger partial charge is 0.204 e. The second-order valence-corrected chi connectivity index (χ2v) is 5.91. The normalized spacial score (nSPS) is 23.0. The van der Waals surface area contributed by atoms with Crippen molar-refractivity contribution in [2.75, 3.05) is 0 Å². The minimum absolute atomic E-state index is 0.373. The van der Waals surface area contributed by atoms with Gasteiger partial charge in [-0.1, -0.05) is 29.9 Å². The topological polar surface area (TPSA) is 0 Å². The van der Waals surface area contributed by atoms with Crippen molar-refractivity contribution in [1.82, 2.24) is 0 Å². The van der Waals surface area contributed by atoms with Crippen LogP contribution in [-0.2, 0) is 0 Å². The van der Waals surface area contributed by atoms with Gasteiger partial charge in [0.25, 0.3) is 0 Å². The van der Waals surface area contributed by atoms with E-state index >= 15 is 0 Å². The molecule has 2 rings (SSSR count). The van der Waals surface area contributed by atoms with Gasteiger partial charge in [0.05, 0.1) is 0 Å². The number of allylic oxidation sites excluding steroid dienone is 4. The molecule has 1 saturated carbocycles. The summed E-state index contributed by atoms with van der Waals surface area (Å²) in [6.07, 6.45) is 10.9. The highest BCUT2D eigenvalue weighted by Gasteiger charge is 2.21. The molecule has 0 radical (unpaired) electrons. The van der Waals surface area contributed by atoms with E-state index in [2.05, 4.69) is 32.1 Å². The summed E-state index contributed by atoms with van der Waals surface area (Å²) in [7, 11) is 0. The molecule has 0 spiro atoms. The van der Waals surface area contributed by atoms with Gasteiger partial charge in [-0.25, -0.2) is 8.78 Å². The Labute approximate surface area is 120 Å². The molecule has 0 amide bonds. The van der Waals surface area contributed by atoms with Gasteiger partial charge in [-0.2, -0.15) is 0 Å². The van der Waals surface area contributed by atoms with Crippen LogP contribution < -0.4 is 0 Å². The molecule has 0 nitrogen and oxygen atoms in total. The third-order valence-electron chi connectivity index (χ3n) is 4.00. The maximum absolute atomic E-state index is 13.3. The van der Waals surface area contributed by atoms with E-state index in [-0.39, 0.29) is 0 Å².